The van der Waals surface area contributed by atoms with Gasteiger partial charge in [-0.15, -0.1) is 0 Å². The summed E-state index contributed by atoms with van der Waals surface area (Å²) < 4.78 is 5.25. The summed E-state index contributed by atoms with van der Waals surface area (Å²) in [5.74, 6) is -0.199. The number of ketones is 1. The lowest BCUT2D eigenvalue weighted by molar-refractivity contribution is -0.152. The maximum Gasteiger partial charge on any atom is 0.316 e. The van der Waals surface area contributed by atoms with Gasteiger partial charge in [-0.3, -0.25) is 9.59 Å². The fourth-order valence-corrected chi connectivity index (χ4v) is 2.90. The van der Waals surface area contributed by atoms with Crippen molar-refractivity contribution in [1.82, 2.24) is 0 Å². The maximum atomic E-state index is 12.5. The van der Waals surface area contributed by atoms with Crippen molar-refractivity contribution in [1.29, 1.82) is 0 Å². The molecule has 0 radical (unpaired) electrons. The zero-order valence-electron chi connectivity index (χ0n) is 16.5. The summed E-state index contributed by atoms with van der Waals surface area (Å²) in [6.07, 6.45) is 12.1. The van der Waals surface area contributed by atoms with E-state index in [1.807, 2.05) is 51.2 Å². The third-order valence-corrected chi connectivity index (χ3v) is 4.64. The lowest BCUT2D eigenvalue weighted by Gasteiger charge is -2.33. The fraction of sp³-hybridized carbons (Fsp3) is 0.455. The third-order valence-electron chi connectivity index (χ3n) is 4.64. The molecule has 0 aromatic rings. The first-order valence-corrected chi connectivity index (χ1v) is 8.98. The number of allylic oxidation sites excluding steroid dienone is 8. The molecule has 4 heteroatoms. The molecule has 0 saturated heterocycles. The summed E-state index contributed by atoms with van der Waals surface area (Å²) >= 11 is 0. The summed E-state index contributed by atoms with van der Waals surface area (Å²) in [5, 5.41) is 8.84. The van der Waals surface area contributed by atoms with Gasteiger partial charge >= 0.3 is 5.97 Å². The Balaban J connectivity index is 3.09. The van der Waals surface area contributed by atoms with Gasteiger partial charge in [-0.05, 0) is 52.2 Å². The van der Waals surface area contributed by atoms with Crippen LogP contribution in [-0.2, 0) is 14.3 Å². The number of carbonyl (C=O) groups excluding carboxylic acids is 2. The van der Waals surface area contributed by atoms with Crippen LogP contribution in [-0.4, -0.2) is 30.1 Å². The quantitative estimate of drug-likeness (QED) is 0.546. The Bertz CT molecular complexity index is 689. The molecule has 0 aromatic heterocycles. The minimum absolute atomic E-state index is 0.0205. The number of Topliss-reactive ketones (excluding diaryl/α,β-unsaturated/α-hetero) is 1. The summed E-state index contributed by atoms with van der Waals surface area (Å²) in [6, 6.07) is 0. The second-order valence-electron chi connectivity index (χ2n) is 6.75. The highest BCUT2D eigenvalue weighted by atomic mass is 16.5. The van der Waals surface area contributed by atoms with Gasteiger partial charge in [0.15, 0.2) is 5.78 Å². The number of aliphatic hydroxyl groups excluding tert-OH is 1. The summed E-state index contributed by atoms with van der Waals surface area (Å²) in [7, 11) is 0. The zero-order chi connectivity index (χ0) is 19.7. The van der Waals surface area contributed by atoms with Crippen LogP contribution in [0.15, 0.2) is 58.7 Å². The molecule has 1 unspecified atom stereocenters. The first-order valence-electron chi connectivity index (χ1n) is 8.98. The molecule has 0 heterocycles. The standard InChI is InChI=1S/C22H30O4/c1-6-26-21(25)22(5)14-12-20(24)18(4)19(22)11-10-16(2)8-7-9-17(3)13-15-23/h7-11,13,23H,6,12,14-15H2,1-5H3/b9-7+,11-10+,16-8+,17-13+. The molecule has 1 atom stereocenters. The van der Waals surface area contributed by atoms with E-state index in [0.29, 0.717) is 25.0 Å². The zero-order valence-corrected chi connectivity index (χ0v) is 16.5. The number of esters is 1. The summed E-state index contributed by atoms with van der Waals surface area (Å²) in [6.45, 7) is 9.62. The van der Waals surface area contributed by atoms with Crippen LogP contribution in [0.1, 0.15) is 47.5 Å². The molecule has 0 saturated carbocycles. The Labute approximate surface area is 156 Å². The minimum Gasteiger partial charge on any atom is -0.465 e. The van der Waals surface area contributed by atoms with E-state index < -0.39 is 5.41 Å². The average Bonchev–Trinajstić information content (AvgIpc) is 2.59. The number of ether oxygens (including phenoxy) is 1. The lowest BCUT2D eigenvalue weighted by atomic mass is 9.70. The van der Waals surface area contributed by atoms with E-state index in [2.05, 4.69) is 0 Å². The van der Waals surface area contributed by atoms with Gasteiger partial charge in [0.1, 0.15) is 0 Å². The van der Waals surface area contributed by atoms with Crippen LogP contribution < -0.4 is 0 Å². The Morgan fingerprint density at radius 3 is 2.58 bits per heavy atom. The molecule has 1 aliphatic rings. The predicted molar refractivity (Wildman–Crippen MR) is 105 cm³/mol. The van der Waals surface area contributed by atoms with Crippen molar-refractivity contribution < 1.29 is 19.4 Å². The van der Waals surface area contributed by atoms with E-state index in [9.17, 15) is 9.59 Å². The number of hydrogen-bond acceptors (Lipinski definition) is 4. The second-order valence-corrected chi connectivity index (χ2v) is 6.75. The van der Waals surface area contributed by atoms with Crippen molar-refractivity contribution in [3.05, 3.63) is 58.7 Å². The first-order chi connectivity index (χ1) is 12.3. The normalized spacial score (nSPS) is 22.6. The first kappa shape index (κ1) is 21.8. The molecule has 0 bridgehead atoms. The molecule has 0 fully saturated rings. The fourth-order valence-electron chi connectivity index (χ4n) is 2.90. The molecule has 142 valence electrons. The van der Waals surface area contributed by atoms with Crippen LogP contribution in [0, 0.1) is 5.41 Å². The molecule has 4 nitrogen and oxygen atoms in total. The van der Waals surface area contributed by atoms with Crippen molar-refractivity contribution in [2.45, 2.75) is 47.5 Å². The van der Waals surface area contributed by atoms with Crippen LogP contribution in [0.2, 0.25) is 0 Å². The van der Waals surface area contributed by atoms with Gasteiger partial charge in [-0.1, -0.05) is 47.6 Å². The topological polar surface area (TPSA) is 63.6 Å². The van der Waals surface area contributed by atoms with Crippen molar-refractivity contribution >= 4 is 11.8 Å². The van der Waals surface area contributed by atoms with Gasteiger partial charge in [0.25, 0.3) is 0 Å². The average molecular weight is 358 g/mol. The second kappa shape index (κ2) is 10.1. The van der Waals surface area contributed by atoms with E-state index in [1.165, 1.54) is 0 Å². The van der Waals surface area contributed by atoms with E-state index in [1.54, 1.807) is 19.9 Å². The maximum absolute atomic E-state index is 12.5. The third kappa shape index (κ3) is 5.67. The van der Waals surface area contributed by atoms with Crippen LogP contribution in [0.4, 0.5) is 0 Å². The molecule has 1 aliphatic carbocycles. The highest BCUT2D eigenvalue weighted by Gasteiger charge is 2.42. The smallest absolute Gasteiger partial charge is 0.316 e. The molecule has 0 amide bonds. The van der Waals surface area contributed by atoms with Crippen molar-refractivity contribution in [2.24, 2.45) is 5.41 Å². The highest BCUT2D eigenvalue weighted by Crippen LogP contribution is 2.41. The van der Waals surface area contributed by atoms with Gasteiger partial charge in [0.05, 0.1) is 18.6 Å². The Kier molecular flexibility index (Phi) is 8.46. The van der Waals surface area contributed by atoms with Gasteiger partial charge in [0, 0.05) is 6.42 Å². The van der Waals surface area contributed by atoms with E-state index in [0.717, 1.165) is 16.7 Å². The van der Waals surface area contributed by atoms with E-state index >= 15 is 0 Å². The van der Waals surface area contributed by atoms with Crippen LogP contribution in [0.5, 0.6) is 0 Å². The molecular weight excluding hydrogens is 328 g/mol. The monoisotopic (exact) mass is 358 g/mol. The molecule has 1 rings (SSSR count). The highest BCUT2D eigenvalue weighted by molar-refractivity contribution is 6.00. The van der Waals surface area contributed by atoms with Gasteiger partial charge < -0.3 is 9.84 Å². The molecular formula is C22H30O4. The van der Waals surface area contributed by atoms with E-state index in [-0.39, 0.29) is 18.4 Å². The van der Waals surface area contributed by atoms with Crippen molar-refractivity contribution in [3.63, 3.8) is 0 Å². The van der Waals surface area contributed by atoms with Gasteiger partial charge in [-0.25, -0.2) is 0 Å². The van der Waals surface area contributed by atoms with Crippen molar-refractivity contribution in [2.75, 3.05) is 13.2 Å². The molecule has 1 N–H and O–H groups in total. The Hall–Kier alpha value is -2.20. The molecule has 0 aromatic carbocycles. The predicted octanol–water partition coefficient (Wildman–Crippen LogP) is 4.23. The lowest BCUT2D eigenvalue weighted by Crippen LogP contribution is -2.36. The Morgan fingerprint density at radius 1 is 1.27 bits per heavy atom. The molecule has 26 heavy (non-hydrogen) atoms. The number of carbonyl (C=O) groups is 2. The van der Waals surface area contributed by atoms with Gasteiger partial charge in [0.2, 0.25) is 0 Å². The van der Waals surface area contributed by atoms with Crippen molar-refractivity contribution in [3.8, 4) is 0 Å². The number of rotatable bonds is 7. The summed E-state index contributed by atoms with van der Waals surface area (Å²) in [5.41, 5.74) is 2.55. The minimum atomic E-state index is -0.791. The molecule has 0 aliphatic heterocycles. The SMILES string of the molecule is CCOC(=O)C1(C)CCC(=O)C(C)=C1/C=C/C(C)=C/C=C/C(C)=C/CO. The van der Waals surface area contributed by atoms with Crippen LogP contribution >= 0.6 is 0 Å². The van der Waals surface area contributed by atoms with E-state index in [4.69, 9.17) is 9.84 Å². The summed E-state index contributed by atoms with van der Waals surface area (Å²) in [4.78, 5) is 24.6. The van der Waals surface area contributed by atoms with Crippen LogP contribution in [0.3, 0.4) is 0 Å². The number of aliphatic hydroxyl groups is 1. The largest absolute Gasteiger partial charge is 0.465 e. The van der Waals surface area contributed by atoms with Crippen LogP contribution in [0.25, 0.3) is 0 Å². The van der Waals surface area contributed by atoms with Gasteiger partial charge in [-0.2, -0.15) is 0 Å². The number of hydrogen-bond donors (Lipinski definition) is 1. The Morgan fingerprint density at radius 2 is 1.96 bits per heavy atom. The molecule has 0 spiro atoms.